The van der Waals surface area contributed by atoms with E-state index in [1.807, 2.05) is 0 Å². The molecule has 0 bridgehead atoms. The lowest BCUT2D eigenvalue weighted by atomic mass is 10.0. The summed E-state index contributed by atoms with van der Waals surface area (Å²) in [5.41, 5.74) is -0.358. The van der Waals surface area contributed by atoms with Crippen LogP contribution in [0.2, 0.25) is 0 Å². The van der Waals surface area contributed by atoms with E-state index in [2.05, 4.69) is 4.98 Å². The molecule has 0 atom stereocenters. The number of rotatable bonds is 3. The van der Waals surface area contributed by atoms with Crippen LogP contribution in [0.3, 0.4) is 0 Å². The molecule has 1 aromatic rings. The van der Waals surface area contributed by atoms with Crippen LogP contribution < -0.4 is 0 Å². The van der Waals surface area contributed by atoms with Crippen molar-refractivity contribution in [2.45, 2.75) is 18.7 Å². The van der Waals surface area contributed by atoms with Gasteiger partial charge in [-0.15, -0.1) is 11.6 Å². The molecule has 0 radical (unpaired) electrons. The number of halogens is 3. The lowest BCUT2D eigenvalue weighted by Gasteiger charge is -2.08. The highest BCUT2D eigenvalue weighted by molar-refractivity contribution is 6.16. The number of hydrogen-bond donors (Lipinski definition) is 0. The Morgan fingerprint density at radius 1 is 1.44 bits per heavy atom. The third-order valence-electron chi connectivity index (χ3n) is 1.91. The first kappa shape index (κ1) is 12.4. The molecule has 0 aromatic carbocycles. The molecule has 1 heterocycles. The Kier molecular flexibility index (Phi) is 4.16. The predicted octanol–water partition coefficient (Wildman–Crippen LogP) is 2.70. The van der Waals surface area contributed by atoms with Crippen LogP contribution in [0.15, 0.2) is 6.07 Å². The number of alkyl halides is 3. The molecule has 0 fully saturated rings. The minimum absolute atomic E-state index is 0.0378. The normalized spacial score (nSPS) is 9.88. The first-order chi connectivity index (χ1) is 7.63. The van der Waals surface area contributed by atoms with E-state index in [0.29, 0.717) is 0 Å². The van der Waals surface area contributed by atoms with Crippen molar-refractivity contribution in [3.63, 3.8) is 0 Å². The number of pyridine rings is 1. The fourth-order valence-electron chi connectivity index (χ4n) is 1.25. The molecule has 0 N–H and O–H groups in total. The van der Waals surface area contributed by atoms with E-state index >= 15 is 0 Å². The Labute approximate surface area is 95.9 Å². The summed E-state index contributed by atoms with van der Waals surface area (Å²) in [6, 6.07) is 4.51. The van der Waals surface area contributed by atoms with E-state index < -0.39 is 12.0 Å². The second-order valence-electron chi connectivity index (χ2n) is 2.91. The maximum atomic E-state index is 12.6. The third-order valence-corrected chi connectivity index (χ3v) is 2.18. The van der Waals surface area contributed by atoms with Gasteiger partial charge in [0, 0.05) is 5.56 Å². The maximum Gasteiger partial charge on any atom is 0.265 e. The molecule has 0 saturated carbocycles. The Morgan fingerprint density at radius 3 is 2.56 bits per heavy atom. The fraction of sp³-hybridized carbons (Fsp3) is 0.300. The quantitative estimate of drug-likeness (QED) is 0.765. The highest BCUT2D eigenvalue weighted by atomic mass is 35.5. The minimum atomic E-state index is -2.78. The fourth-order valence-corrected chi connectivity index (χ4v) is 1.39. The Morgan fingerprint density at radius 2 is 2.12 bits per heavy atom. The molecule has 0 aliphatic rings. The van der Waals surface area contributed by atoms with Crippen LogP contribution in [-0.2, 0) is 12.3 Å². The van der Waals surface area contributed by atoms with Crippen LogP contribution in [0.5, 0.6) is 0 Å². The Hall–Kier alpha value is -1.72. The van der Waals surface area contributed by atoms with Gasteiger partial charge in [-0.25, -0.2) is 8.78 Å². The predicted molar refractivity (Wildman–Crippen MR) is 52.8 cm³/mol. The van der Waals surface area contributed by atoms with Gasteiger partial charge in [-0.05, 0) is 6.07 Å². The molecule has 0 aliphatic carbocycles. The maximum absolute atomic E-state index is 12.6. The van der Waals surface area contributed by atoms with E-state index in [1.165, 1.54) is 0 Å². The molecule has 0 amide bonds. The molecular weight excluding hydrogens is 236 g/mol. The molecule has 1 rings (SSSR count). The highest BCUT2D eigenvalue weighted by Crippen LogP contribution is 2.25. The van der Waals surface area contributed by atoms with Crippen molar-refractivity contribution < 1.29 is 8.78 Å². The van der Waals surface area contributed by atoms with E-state index in [9.17, 15) is 8.78 Å². The summed E-state index contributed by atoms with van der Waals surface area (Å²) >= 11 is 5.50. The monoisotopic (exact) mass is 241 g/mol. The molecule has 1 aromatic heterocycles. The van der Waals surface area contributed by atoms with Gasteiger partial charge >= 0.3 is 0 Å². The zero-order valence-corrected chi connectivity index (χ0v) is 8.80. The second kappa shape index (κ2) is 5.39. The smallest absolute Gasteiger partial charge is 0.254 e. The summed E-state index contributed by atoms with van der Waals surface area (Å²) in [7, 11) is 0. The van der Waals surface area contributed by atoms with Crippen molar-refractivity contribution in [2.24, 2.45) is 0 Å². The van der Waals surface area contributed by atoms with E-state index in [0.717, 1.165) is 6.07 Å². The largest absolute Gasteiger partial charge is 0.265 e. The van der Waals surface area contributed by atoms with Crippen LogP contribution in [0.1, 0.15) is 28.9 Å². The van der Waals surface area contributed by atoms with Gasteiger partial charge in [-0.1, -0.05) is 0 Å². The molecule has 0 saturated heterocycles. The summed E-state index contributed by atoms with van der Waals surface area (Å²) < 4.78 is 25.3. The van der Waals surface area contributed by atoms with E-state index in [1.54, 1.807) is 12.1 Å². The second-order valence-corrected chi connectivity index (χ2v) is 3.17. The molecule has 16 heavy (non-hydrogen) atoms. The van der Waals surface area contributed by atoms with Gasteiger partial charge in [0.15, 0.2) is 0 Å². The van der Waals surface area contributed by atoms with Crippen LogP contribution >= 0.6 is 11.6 Å². The number of nitriles is 2. The number of aromatic nitrogens is 1. The average Bonchev–Trinajstić information content (AvgIpc) is 2.28. The van der Waals surface area contributed by atoms with Crippen molar-refractivity contribution in [3.8, 4) is 12.1 Å². The highest BCUT2D eigenvalue weighted by Gasteiger charge is 2.18. The summed E-state index contributed by atoms with van der Waals surface area (Å²) in [4.78, 5) is 3.88. The zero-order valence-electron chi connectivity index (χ0n) is 8.04. The van der Waals surface area contributed by atoms with Gasteiger partial charge in [0.05, 0.1) is 35.3 Å². The van der Waals surface area contributed by atoms with Crippen molar-refractivity contribution in [3.05, 3.63) is 28.6 Å². The molecule has 0 aliphatic heterocycles. The van der Waals surface area contributed by atoms with Crippen molar-refractivity contribution >= 4 is 11.6 Å². The topological polar surface area (TPSA) is 60.5 Å². The number of nitrogens with zero attached hydrogens (tertiary/aromatic N) is 3. The van der Waals surface area contributed by atoms with Gasteiger partial charge in [0.1, 0.15) is 6.07 Å². The average molecular weight is 242 g/mol. The molecule has 3 nitrogen and oxygen atoms in total. The van der Waals surface area contributed by atoms with E-state index in [-0.39, 0.29) is 29.3 Å². The van der Waals surface area contributed by atoms with Crippen LogP contribution in [0.25, 0.3) is 0 Å². The molecular formula is C10H6ClF2N3. The van der Waals surface area contributed by atoms with Crippen LogP contribution in [0, 0.1) is 22.7 Å². The standard InChI is InChI=1S/C10H6ClF2N3/c11-4-6-3-7(10(12)13)8(5-15)9(16-6)1-2-14/h3,10H,1,4H2. The van der Waals surface area contributed by atoms with Gasteiger partial charge in [0.25, 0.3) is 6.43 Å². The van der Waals surface area contributed by atoms with Gasteiger partial charge in [-0.2, -0.15) is 10.5 Å². The lowest BCUT2D eigenvalue weighted by Crippen LogP contribution is -2.03. The summed E-state index contributed by atoms with van der Waals surface area (Å²) in [6.07, 6.45) is -2.97. The van der Waals surface area contributed by atoms with E-state index in [4.69, 9.17) is 22.1 Å². The Balaban J connectivity index is 3.43. The number of hydrogen-bond acceptors (Lipinski definition) is 3. The van der Waals surface area contributed by atoms with Crippen LogP contribution in [0.4, 0.5) is 8.78 Å². The van der Waals surface area contributed by atoms with Gasteiger partial charge in [-0.3, -0.25) is 4.98 Å². The molecule has 82 valence electrons. The minimum Gasteiger partial charge on any atom is -0.254 e. The van der Waals surface area contributed by atoms with Crippen molar-refractivity contribution in [1.29, 1.82) is 10.5 Å². The summed E-state index contributed by atoms with van der Waals surface area (Å²) in [5, 5.41) is 17.3. The lowest BCUT2D eigenvalue weighted by molar-refractivity contribution is 0.150. The van der Waals surface area contributed by atoms with Crippen molar-refractivity contribution in [2.75, 3.05) is 0 Å². The van der Waals surface area contributed by atoms with Crippen LogP contribution in [-0.4, -0.2) is 4.98 Å². The van der Waals surface area contributed by atoms with Gasteiger partial charge in [0.2, 0.25) is 0 Å². The Bertz CT molecular complexity index is 474. The molecule has 6 heteroatoms. The molecule has 0 spiro atoms. The van der Waals surface area contributed by atoms with Gasteiger partial charge < -0.3 is 0 Å². The van der Waals surface area contributed by atoms with Crippen molar-refractivity contribution in [1.82, 2.24) is 4.98 Å². The first-order valence-corrected chi connectivity index (χ1v) is 4.81. The zero-order chi connectivity index (χ0) is 12.1. The summed E-state index contributed by atoms with van der Waals surface area (Å²) in [5.74, 6) is -0.0378. The summed E-state index contributed by atoms with van der Waals surface area (Å²) in [6.45, 7) is 0. The first-order valence-electron chi connectivity index (χ1n) is 4.27. The third kappa shape index (κ3) is 2.44. The molecule has 0 unspecified atom stereocenters. The SMILES string of the molecule is N#CCc1nc(CCl)cc(C(F)F)c1C#N.